The highest BCUT2D eigenvalue weighted by Gasteiger charge is 2.24. The van der Waals surface area contributed by atoms with Gasteiger partial charge in [-0.1, -0.05) is 23.4 Å². The summed E-state index contributed by atoms with van der Waals surface area (Å²) in [5.41, 5.74) is 2.19. The minimum absolute atomic E-state index is 0. The number of aryl methyl sites for hydroxylation is 2. The first-order chi connectivity index (χ1) is 12.7. The number of benzene rings is 1. The summed E-state index contributed by atoms with van der Waals surface area (Å²) in [4.78, 5) is 8.21. The van der Waals surface area contributed by atoms with Crippen molar-refractivity contribution >= 4 is 41.7 Å². The van der Waals surface area contributed by atoms with Crippen molar-refractivity contribution < 1.29 is 4.52 Å². The summed E-state index contributed by atoms with van der Waals surface area (Å²) >= 11 is 1.95. The molecule has 1 aromatic heterocycles. The van der Waals surface area contributed by atoms with Crippen LogP contribution in [0.3, 0.4) is 0 Å². The molecule has 1 N–H and O–H groups in total. The van der Waals surface area contributed by atoms with Crippen molar-refractivity contribution in [2.75, 3.05) is 32.4 Å². The molecule has 5 nitrogen and oxygen atoms in total. The standard InChI is InChI=1S/C20H28N4OS.HI/c1-15-19(16(2)25-23-15)9-11-22-20(21-3)24-12-10-17(13-24)14-26-18-7-5-4-6-8-18;/h4-8,17H,9-14H2,1-3H3,(H,21,22);1H. The van der Waals surface area contributed by atoms with E-state index in [-0.39, 0.29) is 24.0 Å². The van der Waals surface area contributed by atoms with Gasteiger partial charge in [-0.3, -0.25) is 4.99 Å². The number of thioether (sulfide) groups is 1. The molecule has 2 aromatic rings. The van der Waals surface area contributed by atoms with Crippen molar-refractivity contribution in [1.29, 1.82) is 0 Å². The molecule has 2 heterocycles. The van der Waals surface area contributed by atoms with E-state index in [2.05, 4.69) is 50.7 Å². The lowest BCUT2D eigenvalue weighted by atomic mass is 10.1. The van der Waals surface area contributed by atoms with Crippen molar-refractivity contribution in [1.82, 2.24) is 15.4 Å². The van der Waals surface area contributed by atoms with E-state index in [9.17, 15) is 0 Å². The number of nitrogens with one attached hydrogen (secondary N) is 1. The molecule has 1 fully saturated rings. The third-order valence-corrected chi connectivity index (χ3v) is 6.11. The summed E-state index contributed by atoms with van der Waals surface area (Å²) in [7, 11) is 1.87. The summed E-state index contributed by atoms with van der Waals surface area (Å²) in [6.45, 7) is 6.96. The van der Waals surface area contributed by atoms with Crippen molar-refractivity contribution in [3.8, 4) is 0 Å². The van der Waals surface area contributed by atoms with Gasteiger partial charge in [0.1, 0.15) is 5.76 Å². The van der Waals surface area contributed by atoms with Crippen LogP contribution in [0.15, 0.2) is 44.7 Å². The van der Waals surface area contributed by atoms with Gasteiger partial charge in [0.25, 0.3) is 0 Å². The van der Waals surface area contributed by atoms with E-state index in [0.29, 0.717) is 5.92 Å². The van der Waals surface area contributed by atoms with Gasteiger partial charge in [-0.2, -0.15) is 0 Å². The highest BCUT2D eigenvalue weighted by Crippen LogP contribution is 2.25. The average Bonchev–Trinajstić information content (AvgIpc) is 3.26. The first kappa shape index (κ1) is 22.1. The normalized spacial score (nSPS) is 17.1. The lowest BCUT2D eigenvalue weighted by molar-refractivity contribution is 0.392. The molecule has 0 radical (unpaired) electrons. The van der Waals surface area contributed by atoms with E-state index < -0.39 is 0 Å². The fourth-order valence-electron chi connectivity index (χ4n) is 3.38. The summed E-state index contributed by atoms with van der Waals surface area (Å²) < 4.78 is 5.24. The second kappa shape index (κ2) is 10.9. The van der Waals surface area contributed by atoms with Crippen LogP contribution in [0.1, 0.15) is 23.4 Å². The minimum atomic E-state index is 0. The van der Waals surface area contributed by atoms with Gasteiger partial charge in [0.05, 0.1) is 5.69 Å². The van der Waals surface area contributed by atoms with Crippen LogP contribution in [-0.4, -0.2) is 48.5 Å². The van der Waals surface area contributed by atoms with Crippen molar-refractivity contribution in [2.45, 2.75) is 31.6 Å². The number of guanidine groups is 1. The molecular formula is C20H29IN4OS. The number of aliphatic imine (C=N–C) groups is 1. The molecule has 1 unspecified atom stereocenters. The van der Waals surface area contributed by atoms with Crippen LogP contribution in [0.2, 0.25) is 0 Å². The first-order valence-electron chi connectivity index (χ1n) is 9.22. The molecule has 0 amide bonds. The molecule has 0 spiro atoms. The highest BCUT2D eigenvalue weighted by molar-refractivity contribution is 14.0. The number of nitrogens with zero attached hydrogens (tertiary/aromatic N) is 3. The van der Waals surface area contributed by atoms with Crippen molar-refractivity contribution in [3.05, 3.63) is 47.3 Å². The fourth-order valence-corrected chi connectivity index (χ4v) is 4.43. The van der Waals surface area contributed by atoms with Crippen LogP contribution < -0.4 is 5.32 Å². The second-order valence-corrected chi connectivity index (χ2v) is 7.84. The molecule has 27 heavy (non-hydrogen) atoms. The number of hydrogen-bond acceptors (Lipinski definition) is 4. The second-order valence-electron chi connectivity index (χ2n) is 6.75. The van der Waals surface area contributed by atoms with E-state index in [1.54, 1.807) is 0 Å². The Bertz CT molecular complexity index is 715. The van der Waals surface area contributed by atoms with Crippen molar-refractivity contribution in [2.24, 2.45) is 10.9 Å². The summed E-state index contributed by atoms with van der Waals surface area (Å²) in [6, 6.07) is 10.7. The quantitative estimate of drug-likeness (QED) is 0.280. The molecular weight excluding hydrogens is 471 g/mol. The number of rotatable bonds is 6. The lowest BCUT2D eigenvalue weighted by Crippen LogP contribution is -2.41. The largest absolute Gasteiger partial charge is 0.361 e. The van der Waals surface area contributed by atoms with Crippen LogP contribution in [0.4, 0.5) is 0 Å². The van der Waals surface area contributed by atoms with E-state index >= 15 is 0 Å². The van der Waals surface area contributed by atoms with Gasteiger partial charge in [0, 0.05) is 42.9 Å². The Hall–Kier alpha value is -1.22. The number of hydrogen-bond donors (Lipinski definition) is 1. The number of likely N-dealkylation sites (tertiary alicyclic amines) is 1. The zero-order chi connectivity index (χ0) is 18.4. The number of aromatic nitrogens is 1. The third-order valence-electron chi connectivity index (χ3n) is 4.87. The molecule has 7 heteroatoms. The summed E-state index contributed by atoms with van der Waals surface area (Å²) in [6.07, 6.45) is 2.13. The van der Waals surface area contributed by atoms with Crippen LogP contribution in [0, 0.1) is 19.8 Å². The van der Waals surface area contributed by atoms with E-state index in [1.807, 2.05) is 32.7 Å². The monoisotopic (exact) mass is 500 g/mol. The fraction of sp³-hybridized carbons (Fsp3) is 0.500. The Kier molecular flexibility index (Phi) is 8.95. The summed E-state index contributed by atoms with van der Waals surface area (Å²) in [5, 5.41) is 7.52. The summed E-state index contributed by atoms with van der Waals surface area (Å²) in [5.74, 6) is 3.79. The molecule has 1 saturated heterocycles. The van der Waals surface area contributed by atoms with E-state index in [4.69, 9.17) is 4.52 Å². The molecule has 1 aliphatic heterocycles. The van der Waals surface area contributed by atoms with E-state index in [1.165, 1.54) is 16.9 Å². The van der Waals surface area contributed by atoms with Crippen LogP contribution in [0.25, 0.3) is 0 Å². The maximum absolute atomic E-state index is 5.24. The van der Waals surface area contributed by atoms with Gasteiger partial charge in [-0.05, 0) is 44.7 Å². The van der Waals surface area contributed by atoms with E-state index in [0.717, 1.165) is 49.2 Å². The van der Waals surface area contributed by atoms with Gasteiger partial charge < -0.3 is 14.7 Å². The number of halogens is 1. The SMILES string of the molecule is CN=C(NCCc1c(C)noc1C)N1CCC(CSc2ccccc2)C1.I. The topological polar surface area (TPSA) is 53.7 Å². The average molecular weight is 500 g/mol. The van der Waals surface area contributed by atoms with Gasteiger partial charge in [0.15, 0.2) is 5.96 Å². The Morgan fingerprint density at radius 2 is 2.11 bits per heavy atom. The molecule has 0 aliphatic carbocycles. The minimum Gasteiger partial charge on any atom is -0.361 e. The van der Waals surface area contributed by atoms with Crippen LogP contribution in [0.5, 0.6) is 0 Å². The molecule has 1 atom stereocenters. The molecule has 1 aliphatic rings. The molecule has 0 saturated carbocycles. The predicted molar refractivity (Wildman–Crippen MR) is 123 cm³/mol. The predicted octanol–water partition coefficient (Wildman–Crippen LogP) is 4.14. The molecule has 3 rings (SSSR count). The smallest absolute Gasteiger partial charge is 0.193 e. The Morgan fingerprint density at radius 1 is 1.33 bits per heavy atom. The van der Waals surface area contributed by atoms with Crippen LogP contribution >= 0.6 is 35.7 Å². The van der Waals surface area contributed by atoms with Crippen molar-refractivity contribution in [3.63, 3.8) is 0 Å². The highest BCUT2D eigenvalue weighted by atomic mass is 127. The maximum atomic E-state index is 5.24. The lowest BCUT2D eigenvalue weighted by Gasteiger charge is -2.21. The van der Waals surface area contributed by atoms with Gasteiger partial charge in [0.2, 0.25) is 0 Å². The first-order valence-corrected chi connectivity index (χ1v) is 10.2. The Morgan fingerprint density at radius 3 is 2.78 bits per heavy atom. The zero-order valence-corrected chi connectivity index (χ0v) is 19.4. The Balaban J connectivity index is 0.00000261. The molecule has 1 aromatic carbocycles. The Labute approximate surface area is 183 Å². The third kappa shape index (κ3) is 6.14. The van der Waals surface area contributed by atoms with Gasteiger partial charge >= 0.3 is 0 Å². The zero-order valence-electron chi connectivity index (χ0n) is 16.3. The molecule has 148 valence electrons. The van der Waals surface area contributed by atoms with Crippen LogP contribution in [-0.2, 0) is 6.42 Å². The molecule has 0 bridgehead atoms. The maximum Gasteiger partial charge on any atom is 0.193 e. The van der Waals surface area contributed by atoms with Gasteiger partial charge in [-0.25, -0.2) is 0 Å². The van der Waals surface area contributed by atoms with Gasteiger partial charge in [-0.15, -0.1) is 35.7 Å².